The lowest BCUT2D eigenvalue weighted by Gasteiger charge is -2.28. The molecule has 0 bridgehead atoms. The largest absolute Gasteiger partial charge is 0.325 e. The predicted molar refractivity (Wildman–Crippen MR) is 102 cm³/mol. The normalized spacial score (nSPS) is 19.1. The molecule has 1 aliphatic heterocycles. The third kappa shape index (κ3) is 4.41. The molecule has 0 unspecified atom stereocenters. The summed E-state index contributed by atoms with van der Waals surface area (Å²) < 4.78 is 0. The SMILES string of the molecule is CN1C(=O)C[C@@H](C(=O)Nc2ccc(Cl)cc2)SC1=Nc1ccccc1. The van der Waals surface area contributed by atoms with E-state index in [1.165, 1.54) is 16.7 Å². The van der Waals surface area contributed by atoms with Crippen molar-refractivity contribution in [1.82, 2.24) is 4.90 Å². The zero-order chi connectivity index (χ0) is 17.8. The highest BCUT2D eigenvalue weighted by molar-refractivity contribution is 8.15. The number of halogens is 1. The van der Waals surface area contributed by atoms with Gasteiger partial charge in [-0.15, -0.1) is 0 Å². The van der Waals surface area contributed by atoms with E-state index in [0.717, 1.165) is 5.69 Å². The maximum atomic E-state index is 12.5. The van der Waals surface area contributed by atoms with Crippen molar-refractivity contribution in [3.05, 3.63) is 59.6 Å². The topological polar surface area (TPSA) is 61.8 Å². The van der Waals surface area contributed by atoms with Gasteiger partial charge in [-0.1, -0.05) is 41.6 Å². The van der Waals surface area contributed by atoms with Crippen molar-refractivity contribution in [2.45, 2.75) is 11.7 Å². The number of rotatable bonds is 3. The second-order valence-corrected chi connectivity index (χ2v) is 7.10. The lowest BCUT2D eigenvalue weighted by atomic mass is 10.2. The molecule has 7 heteroatoms. The van der Waals surface area contributed by atoms with Crippen LogP contribution in [0.5, 0.6) is 0 Å². The van der Waals surface area contributed by atoms with Gasteiger partial charge in [0.05, 0.1) is 5.69 Å². The summed E-state index contributed by atoms with van der Waals surface area (Å²) >= 11 is 7.13. The molecule has 0 spiro atoms. The van der Waals surface area contributed by atoms with Gasteiger partial charge in [-0.25, -0.2) is 4.99 Å². The van der Waals surface area contributed by atoms with Crippen LogP contribution in [-0.2, 0) is 9.59 Å². The lowest BCUT2D eigenvalue weighted by Crippen LogP contribution is -2.43. The van der Waals surface area contributed by atoms with Gasteiger partial charge in [-0.2, -0.15) is 0 Å². The fraction of sp³-hybridized carbons (Fsp3) is 0.167. The highest BCUT2D eigenvalue weighted by Gasteiger charge is 2.34. The molecule has 1 saturated heterocycles. The molecule has 0 aliphatic carbocycles. The molecule has 2 aromatic rings. The minimum atomic E-state index is -0.526. The van der Waals surface area contributed by atoms with Crippen molar-refractivity contribution in [3.63, 3.8) is 0 Å². The van der Waals surface area contributed by atoms with Gasteiger partial charge >= 0.3 is 0 Å². The van der Waals surface area contributed by atoms with Crippen molar-refractivity contribution in [2.75, 3.05) is 12.4 Å². The average Bonchev–Trinajstić information content (AvgIpc) is 2.61. The van der Waals surface area contributed by atoms with E-state index >= 15 is 0 Å². The molecule has 128 valence electrons. The summed E-state index contributed by atoms with van der Waals surface area (Å²) in [5, 5.41) is 3.40. The van der Waals surface area contributed by atoms with Crippen molar-refractivity contribution < 1.29 is 9.59 Å². The first-order valence-corrected chi connectivity index (χ1v) is 8.92. The fourth-order valence-corrected chi connectivity index (χ4v) is 3.46. The van der Waals surface area contributed by atoms with Crippen LogP contribution in [0.25, 0.3) is 0 Å². The molecule has 1 aliphatic rings. The summed E-state index contributed by atoms with van der Waals surface area (Å²) in [6.07, 6.45) is 0.133. The van der Waals surface area contributed by atoms with Crippen molar-refractivity contribution in [2.24, 2.45) is 4.99 Å². The van der Waals surface area contributed by atoms with Crippen molar-refractivity contribution in [3.8, 4) is 0 Å². The van der Waals surface area contributed by atoms with Gasteiger partial charge in [0.25, 0.3) is 0 Å². The van der Waals surface area contributed by atoms with Crippen LogP contribution in [0.1, 0.15) is 6.42 Å². The van der Waals surface area contributed by atoms with Crippen LogP contribution >= 0.6 is 23.4 Å². The van der Waals surface area contributed by atoms with E-state index in [0.29, 0.717) is 15.9 Å². The van der Waals surface area contributed by atoms with Crippen LogP contribution < -0.4 is 5.32 Å². The Morgan fingerprint density at radius 1 is 1.20 bits per heavy atom. The molecule has 0 saturated carbocycles. The second-order valence-electron chi connectivity index (χ2n) is 5.49. The third-order valence-electron chi connectivity index (χ3n) is 3.65. The number of aliphatic imine (C=N–C) groups is 1. The number of nitrogens with zero attached hydrogens (tertiary/aromatic N) is 2. The van der Waals surface area contributed by atoms with Gasteiger partial charge < -0.3 is 5.32 Å². The van der Waals surface area contributed by atoms with Crippen LogP contribution in [0.15, 0.2) is 59.6 Å². The molecule has 1 atom stereocenters. The van der Waals surface area contributed by atoms with E-state index in [-0.39, 0.29) is 18.2 Å². The van der Waals surface area contributed by atoms with Crippen molar-refractivity contribution >= 4 is 51.7 Å². The van der Waals surface area contributed by atoms with Crippen molar-refractivity contribution in [1.29, 1.82) is 0 Å². The molecule has 25 heavy (non-hydrogen) atoms. The Balaban J connectivity index is 1.76. The summed E-state index contributed by atoms with van der Waals surface area (Å²) in [4.78, 5) is 30.7. The number of benzene rings is 2. The lowest BCUT2D eigenvalue weighted by molar-refractivity contribution is -0.128. The number of para-hydroxylation sites is 1. The zero-order valence-corrected chi connectivity index (χ0v) is 15.1. The number of amides is 2. The molecule has 1 heterocycles. The third-order valence-corrected chi connectivity index (χ3v) is 5.15. The first-order valence-electron chi connectivity index (χ1n) is 7.66. The smallest absolute Gasteiger partial charge is 0.238 e. The van der Waals surface area contributed by atoms with Crippen LogP contribution in [0.4, 0.5) is 11.4 Å². The van der Waals surface area contributed by atoms with Gasteiger partial charge in [-0.3, -0.25) is 14.5 Å². The first-order chi connectivity index (χ1) is 12.0. The van der Waals surface area contributed by atoms with E-state index in [4.69, 9.17) is 11.6 Å². The van der Waals surface area contributed by atoms with Gasteiger partial charge in [-0.05, 0) is 36.4 Å². The molecule has 0 aromatic heterocycles. The zero-order valence-electron chi connectivity index (χ0n) is 13.5. The van der Waals surface area contributed by atoms with E-state index in [1.807, 2.05) is 30.3 Å². The maximum Gasteiger partial charge on any atom is 0.238 e. The monoisotopic (exact) mass is 373 g/mol. The fourth-order valence-electron chi connectivity index (χ4n) is 2.27. The highest BCUT2D eigenvalue weighted by Crippen LogP contribution is 2.29. The van der Waals surface area contributed by atoms with E-state index in [2.05, 4.69) is 10.3 Å². The van der Waals surface area contributed by atoms with Crippen LogP contribution in [-0.4, -0.2) is 34.2 Å². The van der Waals surface area contributed by atoms with E-state index in [1.54, 1.807) is 31.3 Å². The Kier molecular flexibility index (Phi) is 5.40. The average molecular weight is 374 g/mol. The van der Waals surface area contributed by atoms with Gasteiger partial charge in [0.15, 0.2) is 5.17 Å². The Hall–Kier alpha value is -2.31. The van der Waals surface area contributed by atoms with Gasteiger partial charge in [0.1, 0.15) is 5.25 Å². The Morgan fingerprint density at radius 3 is 2.56 bits per heavy atom. The van der Waals surface area contributed by atoms with E-state index in [9.17, 15) is 9.59 Å². The number of hydrogen-bond donors (Lipinski definition) is 1. The molecular formula is C18H16ClN3O2S. The first kappa shape index (κ1) is 17.5. The number of amidine groups is 1. The minimum absolute atomic E-state index is 0.133. The van der Waals surface area contributed by atoms with Gasteiger partial charge in [0.2, 0.25) is 11.8 Å². The Bertz CT molecular complexity index is 809. The quantitative estimate of drug-likeness (QED) is 0.886. The summed E-state index contributed by atoms with van der Waals surface area (Å²) in [5.74, 6) is -0.362. The number of hydrogen-bond acceptors (Lipinski definition) is 4. The standard InChI is InChI=1S/C18H16ClN3O2S/c1-22-16(23)11-15(17(24)20-14-9-7-12(19)8-10-14)25-18(22)21-13-5-3-2-4-6-13/h2-10,15H,11H2,1H3,(H,20,24)/t15-/m0/s1. The minimum Gasteiger partial charge on any atom is -0.325 e. The molecule has 1 N–H and O–H groups in total. The molecule has 2 amide bonds. The van der Waals surface area contributed by atoms with Crippen LogP contribution in [0, 0.1) is 0 Å². The molecule has 3 rings (SSSR count). The predicted octanol–water partition coefficient (Wildman–Crippen LogP) is 3.93. The number of carbonyl (C=O) groups excluding carboxylic acids is 2. The molecule has 5 nitrogen and oxygen atoms in total. The van der Waals surface area contributed by atoms with Gasteiger partial charge in [0, 0.05) is 24.2 Å². The summed E-state index contributed by atoms with van der Waals surface area (Å²) in [5.41, 5.74) is 1.38. The highest BCUT2D eigenvalue weighted by atomic mass is 35.5. The number of carbonyl (C=O) groups is 2. The molecule has 2 aromatic carbocycles. The van der Waals surface area contributed by atoms with Crippen LogP contribution in [0.3, 0.4) is 0 Å². The Morgan fingerprint density at radius 2 is 1.88 bits per heavy atom. The maximum absolute atomic E-state index is 12.5. The summed E-state index contributed by atoms with van der Waals surface area (Å²) in [6.45, 7) is 0. The number of nitrogens with one attached hydrogen (secondary N) is 1. The Labute approximate surface area is 155 Å². The van der Waals surface area contributed by atoms with E-state index < -0.39 is 5.25 Å². The summed E-state index contributed by atoms with van der Waals surface area (Å²) in [6, 6.07) is 16.2. The summed E-state index contributed by atoms with van der Waals surface area (Å²) in [7, 11) is 1.67. The number of anilines is 1. The number of thioether (sulfide) groups is 1. The molecule has 0 radical (unpaired) electrons. The molecule has 1 fully saturated rings. The van der Waals surface area contributed by atoms with Crippen LogP contribution in [0.2, 0.25) is 5.02 Å². The second kappa shape index (κ2) is 7.72. The molecular weight excluding hydrogens is 358 g/mol.